The Hall–Kier alpha value is -2.73. The highest BCUT2D eigenvalue weighted by Crippen LogP contribution is 2.27. The molecule has 1 amide bonds. The zero-order valence-corrected chi connectivity index (χ0v) is 19.3. The van der Waals surface area contributed by atoms with Crippen molar-refractivity contribution >= 4 is 34.7 Å². The molecular weight excluding hydrogens is 412 g/mol. The second-order valence-electron chi connectivity index (χ2n) is 9.09. The number of carbonyl (C=O) groups excluding carboxylic acids is 1. The Balaban J connectivity index is 1.61. The van der Waals surface area contributed by atoms with Gasteiger partial charge in [0.25, 0.3) is 0 Å². The molecule has 1 aromatic heterocycles. The third-order valence-electron chi connectivity index (χ3n) is 5.40. The number of carbonyl (C=O) groups is 1. The van der Waals surface area contributed by atoms with Crippen molar-refractivity contribution in [3.63, 3.8) is 0 Å². The number of benzene rings is 2. The van der Waals surface area contributed by atoms with Crippen LogP contribution in [0.15, 0.2) is 48.5 Å². The number of para-hydroxylation sites is 2. The molecule has 3 aromatic rings. The molecule has 2 heterocycles. The van der Waals surface area contributed by atoms with Gasteiger partial charge in [-0.05, 0) is 57.5 Å². The van der Waals surface area contributed by atoms with Crippen molar-refractivity contribution in [2.24, 2.45) is 0 Å². The van der Waals surface area contributed by atoms with Crippen LogP contribution in [0, 0.1) is 0 Å². The molecule has 1 fully saturated rings. The van der Waals surface area contributed by atoms with Crippen molar-refractivity contribution in [3.05, 3.63) is 59.1 Å². The van der Waals surface area contributed by atoms with E-state index < -0.39 is 5.60 Å². The molecule has 0 N–H and O–H groups in total. The summed E-state index contributed by atoms with van der Waals surface area (Å²) in [7, 11) is 0. The lowest BCUT2D eigenvalue weighted by Crippen LogP contribution is -2.55. The second kappa shape index (κ2) is 8.42. The number of hydrogen-bond acceptors (Lipinski definition) is 4. The minimum absolute atomic E-state index is 0.0167. The van der Waals surface area contributed by atoms with Crippen molar-refractivity contribution in [3.8, 4) is 0 Å². The summed E-state index contributed by atoms with van der Waals surface area (Å²) < 4.78 is 7.82. The maximum absolute atomic E-state index is 12.6. The average Bonchev–Trinajstić information content (AvgIpc) is 3.05. The molecular formula is C24H29ClN4O2. The van der Waals surface area contributed by atoms with Crippen LogP contribution in [-0.2, 0) is 11.3 Å². The molecule has 0 bridgehead atoms. The molecule has 1 aliphatic rings. The van der Waals surface area contributed by atoms with Crippen molar-refractivity contribution in [1.82, 2.24) is 14.5 Å². The van der Waals surface area contributed by atoms with Crippen LogP contribution in [0.2, 0.25) is 5.02 Å². The Morgan fingerprint density at radius 1 is 1.16 bits per heavy atom. The summed E-state index contributed by atoms with van der Waals surface area (Å²) in [5.41, 5.74) is 2.66. The summed E-state index contributed by atoms with van der Waals surface area (Å²) in [6, 6.07) is 16.1. The first-order valence-electron chi connectivity index (χ1n) is 10.7. The first kappa shape index (κ1) is 21.5. The van der Waals surface area contributed by atoms with E-state index >= 15 is 0 Å². The molecule has 164 valence electrons. The predicted molar refractivity (Wildman–Crippen MR) is 125 cm³/mol. The summed E-state index contributed by atoms with van der Waals surface area (Å²) in [6.45, 7) is 10.4. The van der Waals surface area contributed by atoms with Crippen LogP contribution in [0.4, 0.5) is 10.7 Å². The van der Waals surface area contributed by atoms with E-state index in [1.165, 1.54) is 0 Å². The first-order chi connectivity index (χ1) is 14.7. The fraction of sp³-hybridized carbons (Fsp3) is 0.417. The smallest absolute Gasteiger partial charge is 0.410 e. The molecule has 31 heavy (non-hydrogen) atoms. The van der Waals surface area contributed by atoms with Crippen molar-refractivity contribution in [2.45, 2.75) is 45.9 Å². The van der Waals surface area contributed by atoms with Gasteiger partial charge in [-0.3, -0.25) is 0 Å². The minimum atomic E-state index is -0.501. The van der Waals surface area contributed by atoms with Crippen LogP contribution in [0.25, 0.3) is 11.0 Å². The lowest BCUT2D eigenvalue weighted by Gasteiger charge is -2.40. The number of fused-ring (bicyclic) bond motifs is 1. The topological polar surface area (TPSA) is 50.6 Å². The quantitative estimate of drug-likeness (QED) is 0.562. The minimum Gasteiger partial charge on any atom is -0.444 e. The number of anilines is 1. The highest BCUT2D eigenvalue weighted by atomic mass is 35.5. The van der Waals surface area contributed by atoms with E-state index in [0.717, 1.165) is 27.6 Å². The zero-order valence-electron chi connectivity index (χ0n) is 18.5. The molecule has 0 aliphatic carbocycles. The van der Waals surface area contributed by atoms with Gasteiger partial charge in [-0.1, -0.05) is 35.9 Å². The molecule has 0 radical (unpaired) electrons. The lowest BCUT2D eigenvalue weighted by atomic mass is 10.2. The first-order valence-corrected chi connectivity index (χ1v) is 11.0. The van der Waals surface area contributed by atoms with Crippen molar-refractivity contribution < 1.29 is 9.53 Å². The van der Waals surface area contributed by atoms with E-state index in [9.17, 15) is 4.79 Å². The summed E-state index contributed by atoms with van der Waals surface area (Å²) in [5, 5.41) is 0.725. The van der Waals surface area contributed by atoms with E-state index in [1.807, 2.05) is 62.1 Å². The Bertz CT molecular complexity index is 1090. The molecule has 1 aliphatic heterocycles. The van der Waals surface area contributed by atoms with Gasteiger partial charge in [0.15, 0.2) is 0 Å². The van der Waals surface area contributed by atoms with E-state index in [0.29, 0.717) is 26.2 Å². The fourth-order valence-electron chi connectivity index (χ4n) is 4.01. The van der Waals surface area contributed by atoms with Gasteiger partial charge < -0.3 is 19.1 Å². The number of rotatable bonds is 3. The maximum Gasteiger partial charge on any atom is 0.410 e. The fourth-order valence-corrected chi connectivity index (χ4v) is 4.22. The van der Waals surface area contributed by atoms with Crippen LogP contribution in [0.5, 0.6) is 0 Å². The van der Waals surface area contributed by atoms with Gasteiger partial charge in [0.1, 0.15) is 5.60 Å². The Morgan fingerprint density at radius 3 is 2.65 bits per heavy atom. The van der Waals surface area contributed by atoms with Gasteiger partial charge in [-0.15, -0.1) is 0 Å². The molecule has 7 heteroatoms. The Kier molecular flexibility index (Phi) is 5.84. The van der Waals surface area contributed by atoms with Crippen LogP contribution in [0.3, 0.4) is 0 Å². The van der Waals surface area contributed by atoms with Gasteiger partial charge in [-0.25, -0.2) is 9.78 Å². The summed E-state index contributed by atoms with van der Waals surface area (Å²) in [6.07, 6.45) is -0.257. The summed E-state index contributed by atoms with van der Waals surface area (Å²) in [5.74, 6) is 0.914. The molecule has 0 unspecified atom stereocenters. The van der Waals surface area contributed by atoms with E-state index in [1.54, 1.807) is 0 Å². The Labute approximate surface area is 188 Å². The molecule has 1 saturated heterocycles. The number of ether oxygens (including phenoxy) is 1. The van der Waals surface area contributed by atoms with Gasteiger partial charge in [-0.2, -0.15) is 0 Å². The molecule has 1 atom stereocenters. The summed E-state index contributed by atoms with van der Waals surface area (Å²) in [4.78, 5) is 21.6. The average molecular weight is 441 g/mol. The van der Waals surface area contributed by atoms with Crippen LogP contribution >= 0.6 is 11.6 Å². The highest BCUT2D eigenvalue weighted by molar-refractivity contribution is 6.30. The normalized spacial score (nSPS) is 17.3. The molecule has 0 saturated carbocycles. The van der Waals surface area contributed by atoms with E-state index in [-0.39, 0.29) is 12.1 Å². The monoisotopic (exact) mass is 440 g/mol. The van der Waals surface area contributed by atoms with Gasteiger partial charge >= 0.3 is 6.09 Å². The molecule has 0 spiro atoms. The SMILES string of the molecule is C[C@@H]1CN(c2nc3ccccc3n2Cc2cccc(Cl)c2)CCN1C(=O)OC(C)(C)C. The van der Waals surface area contributed by atoms with Gasteiger partial charge in [0.05, 0.1) is 17.6 Å². The largest absolute Gasteiger partial charge is 0.444 e. The number of aromatic nitrogens is 2. The van der Waals surface area contributed by atoms with Crippen molar-refractivity contribution in [2.75, 3.05) is 24.5 Å². The standard InChI is InChI=1S/C24H29ClN4O2/c1-17-15-27(12-13-28(17)23(30)31-24(2,3)4)22-26-20-10-5-6-11-21(20)29(22)16-18-8-7-9-19(25)14-18/h5-11,14,17H,12-13,15-16H2,1-4H3/t17-/m1/s1. The van der Waals surface area contributed by atoms with E-state index in [4.69, 9.17) is 21.3 Å². The number of amides is 1. The lowest BCUT2D eigenvalue weighted by molar-refractivity contribution is 0.0158. The second-order valence-corrected chi connectivity index (χ2v) is 9.52. The van der Waals surface area contributed by atoms with Crippen LogP contribution in [0.1, 0.15) is 33.3 Å². The van der Waals surface area contributed by atoms with Gasteiger partial charge in [0, 0.05) is 30.7 Å². The number of imidazole rings is 1. The van der Waals surface area contributed by atoms with Crippen LogP contribution < -0.4 is 4.90 Å². The number of halogens is 1. The maximum atomic E-state index is 12.6. The number of hydrogen-bond donors (Lipinski definition) is 0. The molecule has 4 rings (SSSR count). The van der Waals surface area contributed by atoms with Crippen LogP contribution in [-0.4, -0.2) is 51.8 Å². The Morgan fingerprint density at radius 2 is 1.94 bits per heavy atom. The van der Waals surface area contributed by atoms with E-state index in [2.05, 4.69) is 28.5 Å². The number of piperazine rings is 1. The third kappa shape index (κ3) is 4.79. The zero-order chi connectivity index (χ0) is 22.2. The predicted octanol–water partition coefficient (Wildman–Crippen LogP) is 5.18. The van der Waals surface area contributed by atoms with Crippen molar-refractivity contribution in [1.29, 1.82) is 0 Å². The summed E-state index contributed by atoms with van der Waals surface area (Å²) >= 11 is 6.22. The van der Waals surface area contributed by atoms with Gasteiger partial charge in [0.2, 0.25) is 5.95 Å². The number of nitrogens with zero attached hydrogens (tertiary/aromatic N) is 4. The third-order valence-corrected chi connectivity index (χ3v) is 5.64. The molecule has 6 nitrogen and oxygen atoms in total. The highest BCUT2D eigenvalue weighted by Gasteiger charge is 2.32. The molecule has 2 aromatic carbocycles.